The Labute approximate surface area is 206 Å². The van der Waals surface area contributed by atoms with Gasteiger partial charge in [0.15, 0.2) is 0 Å². The number of likely N-dealkylation sites (N-methyl/N-ethyl adjacent to an activating group) is 1. The number of carbonyl (C=O) groups is 2. The van der Waals surface area contributed by atoms with Crippen LogP contribution in [0.4, 0.5) is 17.1 Å². The van der Waals surface area contributed by atoms with Crippen LogP contribution in [0.25, 0.3) is 0 Å². The molecule has 1 fully saturated rings. The van der Waals surface area contributed by atoms with E-state index in [0.29, 0.717) is 23.7 Å². The average molecular weight is 482 g/mol. The van der Waals surface area contributed by atoms with Gasteiger partial charge in [0.05, 0.1) is 10.5 Å². The highest BCUT2D eigenvalue weighted by atomic mass is 16.6. The number of amides is 2. The second-order valence-corrected chi connectivity index (χ2v) is 8.95. The lowest BCUT2D eigenvalue weighted by Gasteiger charge is -2.33. The Morgan fingerprint density at radius 1 is 1.09 bits per heavy atom. The Kier molecular flexibility index (Phi) is 9.19. The van der Waals surface area contributed by atoms with Crippen molar-refractivity contribution in [3.63, 3.8) is 0 Å². The number of nitro groups is 1. The SMILES string of the molecule is CCN(CC)CCNC(=O)c1cc(NC(=O)c2cccc([N+](=O)[O-])c2)ccc1N1CCC(C)CC1. The predicted molar refractivity (Wildman–Crippen MR) is 138 cm³/mol. The van der Waals surface area contributed by atoms with Gasteiger partial charge in [-0.25, -0.2) is 0 Å². The van der Waals surface area contributed by atoms with Crippen LogP contribution in [0.2, 0.25) is 0 Å². The molecule has 2 aromatic rings. The summed E-state index contributed by atoms with van der Waals surface area (Å²) in [7, 11) is 0. The largest absolute Gasteiger partial charge is 0.371 e. The molecule has 0 saturated carbocycles. The van der Waals surface area contributed by atoms with E-state index >= 15 is 0 Å². The zero-order chi connectivity index (χ0) is 25.4. The van der Waals surface area contributed by atoms with Crippen molar-refractivity contribution in [3.8, 4) is 0 Å². The standard InChI is InChI=1S/C26H35N5O4/c1-4-29(5-2)16-13-27-26(33)23-18-21(9-10-24(23)30-14-11-19(3)12-15-30)28-25(32)20-7-6-8-22(17-20)31(34)35/h6-10,17-19H,4-5,11-16H2,1-3H3,(H,27,33)(H,28,32). The minimum atomic E-state index is -0.536. The van der Waals surface area contributed by atoms with Crippen LogP contribution >= 0.6 is 0 Å². The van der Waals surface area contributed by atoms with Crippen molar-refractivity contribution in [1.29, 1.82) is 0 Å². The van der Waals surface area contributed by atoms with E-state index in [9.17, 15) is 19.7 Å². The molecular formula is C26H35N5O4. The maximum Gasteiger partial charge on any atom is 0.270 e. The number of nitro benzene ring substituents is 1. The number of nitrogens with one attached hydrogen (secondary N) is 2. The minimum Gasteiger partial charge on any atom is -0.371 e. The molecule has 2 N–H and O–H groups in total. The normalized spacial score (nSPS) is 14.1. The van der Waals surface area contributed by atoms with Crippen molar-refractivity contribution >= 4 is 28.9 Å². The number of rotatable bonds is 10. The zero-order valence-corrected chi connectivity index (χ0v) is 20.8. The Hall–Kier alpha value is -3.46. The van der Waals surface area contributed by atoms with Crippen molar-refractivity contribution in [2.24, 2.45) is 5.92 Å². The maximum absolute atomic E-state index is 13.2. The van der Waals surface area contributed by atoms with Crippen LogP contribution < -0.4 is 15.5 Å². The summed E-state index contributed by atoms with van der Waals surface area (Å²) < 4.78 is 0. The Morgan fingerprint density at radius 2 is 1.80 bits per heavy atom. The molecular weight excluding hydrogens is 446 g/mol. The van der Waals surface area contributed by atoms with E-state index < -0.39 is 10.8 Å². The smallest absolute Gasteiger partial charge is 0.270 e. The molecule has 0 radical (unpaired) electrons. The molecule has 9 nitrogen and oxygen atoms in total. The molecule has 9 heteroatoms. The first kappa shape index (κ1) is 26.2. The van der Waals surface area contributed by atoms with Crippen LogP contribution in [0.15, 0.2) is 42.5 Å². The van der Waals surface area contributed by atoms with Crippen LogP contribution in [0.1, 0.15) is 54.3 Å². The summed E-state index contributed by atoms with van der Waals surface area (Å²) in [6.45, 7) is 11.3. The molecule has 0 unspecified atom stereocenters. The second-order valence-electron chi connectivity index (χ2n) is 8.95. The summed E-state index contributed by atoms with van der Waals surface area (Å²) >= 11 is 0. The van der Waals surface area contributed by atoms with Crippen LogP contribution in [-0.2, 0) is 0 Å². The first-order valence-corrected chi connectivity index (χ1v) is 12.3. The van der Waals surface area contributed by atoms with Crippen LogP contribution in [0, 0.1) is 16.0 Å². The molecule has 0 spiro atoms. The number of piperidine rings is 1. The van der Waals surface area contributed by atoms with Gasteiger partial charge in [0.25, 0.3) is 17.5 Å². The highest BCUT2D eigenvalue weighted by Crippen LogP contribution is 2.29. The topological polar surface area (TPSA) is 108 Å². The van der Waals surface area contributed by atoms with Crippen molar-refractivity contribution in [3.05, 3.63) is 63.7 Å². The molecule has 0 aromatic heterocycles. The third-order valence-electron chi connectivity index (χ3n) is 6.55. The van der Waals surface area contributed by atoms with Gasteiger partial charge in [0.2, 0.25) is 0 Å². The fraction of sp³-hybridized carbons (Fsp3) is 0.462. The van der Waals surface area contributed by atoms with Crippen molar-refractivity contribution in [2.45, 2.75) is 33.6 Å². The van der Waals surface area contributed by atoms with Gasteiger partial charge >= 0.3 is 0 Å². The van der Waals surface area contributed by atoms with Gasteiger partial charge in [-0.05, 0) is 56.1 Å². The summed E-state index contributed by atoms with van der Waals surface area (Å²) in [6, 6.07) is 10.9. The molecule has 2 aromatic carbocycles. The maximum atomic E-state index is 13.2. The van der Waals surface area contributed by atoms with E-state index in [1.165, 1.54) is 24.3 Å². The van der Waals surface area contributed by atoms with Gasteiger partial charge in [-0.15, -0.1) is 0 Å². The Morgan fingerprint density at radius 3 is 2.46 bits per heavy atom. The first-order chi connectivity index (χ1) is 16.8. The number of non-ortho nitro benzene ring substituents is 1. The predicted octanol–water partition coefficient (Wildman–Crippen LogP) is 4.16. The minimum absolute atomic E-state index is 0.152. The molecule has 1 aliphatic rings. The molecule has 1 heterocycles. The summed E-state index contributed by atoms with van der Waals surface area (Å²) in [6.07, 6.45) is 2.13. The van der Waals surface area contributed by atoms with Gasteiger partial charge in [-0.2, -0.15) is 0 Å². The molecule has 0 bridgehead atoms. The summed E-state index contributed by atoms with van der Waals surface area (Å²) in [4.78, 5) is 41.0. The number of hydrogen-bond donors (Lipinski definition) is 2. The highest BCUT2D eigenvalue weighted by molar-refractivity contribution is 6.06. The van der Waals surface area contributed by atoms with E-state index in [0.717, 1.165) is 51.3 Å². The number of carbonyl (C=O) groups excluding carboxylic acids is 2. The molecule has 0 atom stereocenters. The van der Waals surface area contributed by atoms with E-state index in [-0.39, 0.29) is 17.2 Å². The fourth-order valence-corrected chi connectivity index (χ4v) is 4.25. The lowest BCUT2D eigenvalue weighted by Crippen LogP contribution is -2.37. The highest BCUT2D eigenvalue weighted by Gasteiger charge is 2.22. The number of anilines is 2. The molecule has 35 heavy (non-hydrogen) atoms. The molecule has 2 amide bonds. The van der Waals surface area contributed by atoms with Crippen molar-refractivity contribution in [1.82, 2.24) is 10.2 Å². The van der Waals surface area contributed by atoms with Crippen molar-refractivity contribution < 1.29 is 14.5 Å². The van der Waals surface area contributed by atoms with Crippen LogP contribution in [-0.4, -0.2) is 60.9 Å². The molecule has 188 valence electrons. The third-order valence-corrected chi connectivity index (χ3v) is 6.55. The zero-order valence-electron chi connectivity index (χ0n) is 20.8. The average Bonchev–Trinajstić information content (AvgIpc) is 2.87. The molecule has 1 aliphatic heterocycles. The van der Waals surface area contributed by atoms with Gasteiger partial charge < -0.3 is 20.4 Å². The number of nitrogens with zero attached hydrogens (tertiary/aromatic N) is 3. The Balaban J connectivity index is 1.81. The second kappa shape index (κ2) is 12.3. The van der Waals surface area contributed by atoms with E-state index in [4.69, 9.17) is 0 Å². The lowest BCUT2D eigenvalue weighted by atomic mass is 9.97. The summed E-state index contributed by atoms with van der Waals surface area (Å²) in [5.74, 6) is 0.00412. The molecule has 1 saturated heterocycles. The van der Waals surface area contributed by atoms with Gasteiger partial charge in [-0.3, -0.25) is 19.7 Å². The molecule has 0 aliphatic carbocycles. The van der Waals surface area contributed by atoms with Crippen molar-refractivity contribution in [2.75, 3.05) is 49.5 Å². The van der Waals surface area contributed by atoms with Crippen LogP contribution in [0.5, 0.6) is 0 Å². The van der Waals surface area contributed by atoms with E-state index in [1.54, 1.807) is 12.1 Å². The van der Waals surface area contributed by atoms with Gasteiger partial charge in [0, 0.05) is 55.2 Å². The van der Waals surface area contributed by atoms with Gasteiger partial charge in [-0.1, -0.05) is 26.8 Å². The molecule has 3 rings (SSSR count). The monoisotopic (exact) mass is 481 g/mol. The fourth-order valence-electron chi connectivity index (χ4n) is 4.25. The number of hydrogen-bond acceptors (Lipinski definition) is 6. The first-order valence-electron chi connectivity index (χ1n) is 12.3. The summed E-state index contributed by atoms with van der Waals surface area (Å²) in [5, 5.41) is 16.9. The lowest BCUT2D eigenvalue weighted by molar-refractivity contribution is -0.384. The Bertz CT molecular complexity index is 1050. The summed E-state index contributed by atoms with van der Waals surface area (Å²) in [5.41, 5.74) is 1.85. The van der Waals surface area contributed by atoms with Crippen LogP contribution in [0.3, 0.4) is 0 Å². The quantitative estimate of drug-likeness (QED) is 0.390. The van der Waals surface area contributed by atoms with E-state index in [2.05, 4.69) is 41.2 Å². The third kappa shape index (κ3) is 7.02. The van der Waals surface area contributed by atoms with Gasteiger partial charge in [0.1, 0.15) is 0 Å². The van der Waals surface area contributed by atoms with E-state index in [1.807, 2.05) is 6.07 Å². The number of benzene rings is 2.